The second kappa shape index (κ2) is 7.35. The first-order chi connectivity index (χ1) is 10.2. The number of benzene rings is 1. The van der Waals surface area contributed by atoms with Crippen LogP contribution in [0.1, 0.15) is 20.9 Å². The van der Waals surface area contributed by atoms with Gasteiger partial charge in [0.25, 0.3) is 0 Å². The van der Waals surface area contributed by atoms with Crippen molar-refractivity contribution in [2.45, 2.75) is 6.92 Å². The van der Waals surface area contributed by atoms with Crippen molar-refractivity contribution in [3.05, 3.63) is 59.1 Å². The van der Waals surface area contributed by atoms with Crippen molar-refractivity contribution in [3.8, 4) is 0 Å². The van der Waals surface area contributed by atoms with E-state index in [2.05, 4.69) is 22.1 Å². The number of ether oxygens (including phenoxy) is 1. The number of hydrogen-bond acceptors (Lipinski definition) is 6. The second-order valence-electron chi connectivity index (χ2n) is 4.10. The number of nitrogens with one attached hydrogen (secondary N) is 1. The molecule has 0 aliphatic rings. The van der Waals surface area contributed by atoms with Gasteiger partial charge in [0.2, 0.25) is 5.13 Å². The van der Waals surface area contributed by atoms with Gasteiger partial charge < -0.3 is 4.74 Å². The van der Waals surface area contributed by atoms with Gasteiger partial charge in [0.05, 0.1) is 11.9 Å². The maximum absolute atomic E-state index is 11.8. The number of anilines is 1. The van der Waals surface area contributed by atoms with Gasteiger partial charge in [0.15, 0.2) is 0 Å². The van der Waals surface area contributed by atoms with E-state index in [1.54, 1.807) is 13.1 Å². The number of nitrogens with zero attached hydrogens (tertiary/aromatic N) is 2. The Morgan fingerprint density at radius 2 is 2.24 bits per heavy atom. The van der Waals surface area contributed by atoms with Gasteiger partial charge in [-0.15, -0.1) is 0 Å². The summed E-state index contributed by atoms with van der Waals surface area (Å²) in [5.74, 6) is -0.398. The van der Waals surface area contributed by atoms with Crippen LogP contribution < -0.4 is 5.43 Å². The minimum Gasteiger partial charge on any atom is -0.457 e. The number of rotatable bonds is 6. The molecule has 108 valence electrons. The van der Waals surface area contributed by atoms with Crippen LogP contribution in [-0.4, -0.2) is 23.8 Å². The molecule has 0 aliphatic heterocycles. The van der Waals surface area contributed by atoms with E-state index in [0.29, 0.717) is 15.7 Å². The molecule has 2 rings (SSSR count). The maximum Gasteiger partial charge on any atom is 0.350 e. The molecule has 0 aliphatic carbocycles. The van der Waals surface area contributed by atoms with Gasteiger partial charge >= 0.3 is 5.97 Å². The predicted molar refractivity (Wildman–Crippen MR) is 85.0 cm³/mol. The molecule has 1 aromatic heterocycles. The highest BCUT2D eigenvalue weighted by molar-refractivity contribution is 7.17. The Balaban J connectivity index is 2.00. The summed E-state index contributed by atoms with van der Waals surface area (Å²) in [7, 11) is 0. The fourth-order valence-electron chi connectivity index (χ4n) is 1.53. The number of hydrogen-bond donors (Lipinski definition) is 1. The van der Waals surface area contributed by atoms with Crippen molar-refractivity contribution in [1.29, 1.82) is 0 Å². The number of carbonyl (C=O) groups excluding carboxylic acids is 1. The predicted octanol–water partition coefficient (Wildman–Crippen LogP) is 3.24. The maximum atomic E-state index is 11.8. The van der Waals surface area contributed by atoms with Gasteiger partial charge in [-0.1, -0.05) is 54.3 Å². The minimum atomic E-state index is -0.398. The molecule has 0 fully saturated rings. The molecule has 0 saturated heterocycles. The largest absolute Gasteiger partial charge is 0.457 e. The van der Waals surface area contributed by atoms with Gasteiger partial charge in [-0.05, 0) is 12.5 Å². The molecular weight excluding hydrogens is 286 g/mol. The van der Waals surface area contributed by atoms with Gasteiger partial charge in [-0.3, -0.25) is 5.43 Å². The molecule has 1 aromatic carbocycles. The van der Waals surface area contributed by atoms with Crippen LogP contribution in [-0.2, 0) is 4.74 Å². The van der Waals surface area contributed by atoms with E-state index >= 15 is 0 Å². The monoisotopic (exact) mass is 301 g/mol. The molecule has 0 spiro atoms. The van der Waals surface area contributed by atoms with Crippen molar-refractivity contribution in [2.24, 2.45) is 5.10 Å². The van der Waals surface area contributed by atoms with Crippen LogP contribution in [0.15, 0.2) is 48.1 Å². The molecule has 0 amide bonds. The summed E-state index contributed by atoms with van der Waals surface area (Å²) in [6.07, 6.45) is 3.21. The Morgan fingerprint density at radius 3 is 2.95 bits per heavy atom. The number of aryl methyl sites for hydroxylation is 1. The summed E-state index contributed by atoms with van der Waals surface area (Å²) in [5, 5.41) is 4.64. The molecule has 0 bridgehead atoms. The number of thiazole rings is 1. The smallest absolute Gasteiger partial charge is 0.350 e. The first-order valence-electron chi connectivity index (χ1n) is 6.30. The number of hydrazone groups is 1. The first-order valence-corrected chi connectivity index (χ1v) is 7.12. The average Bonchev–Trinajstić information content (AvgIpc) is 2.87. The third kappa shape index (κ3) is 4.25. The third-order valence-corrected chi connectivity index (χ3v) is 3.53. The standard InChI is InChI=1S/C15H15N3O2S/c1-3-9-20-14(19)13-11(2)17-15(21-13)18-16-10-12-7-5-4-6-8-12/h3-8,10H,1,9H2,2H3,(H,17,18)/b16-10-. The van der Waals surface area contributed by atoms with Crippen LogP contribution in [0.5, 0.6) is 0 Å². The zero-order chi connectivity index (χ0) is 15.1. The van der Waals surface area contributed by atoms with Crippen LogP contribution in [0.2, 0.25) is 0 Å². The molecule has 6 heteroatoms. The summed E-state index contributed by atoms with van der Waals surface area (Å²) in [5.41, 5.74) is 4.41. The highest BCUT2D eigenvalue weighted by atomic mass is 32.1. The van der Waals surface area contributed by atoms with E-state index < -0.39 is 5.97 Å². The van der Waals surface area contributed by atoms with Gasteiger partial charge in [-0.25, -0.2) is 9.78 Å². The third-order valence-electron chi connectivity index (χ3n) is 2.49. The quantitative estimate of drug-likeness (QED) is 0.385. The van der Waals surface area contributed by atoms with E-state index in [4.69, 9.17) is 4.74 Å². The normalized spacial score (nSPS) is 10.5. The minimum absolute atomic E-state index is 0.186. The molecule has 0 unspecified atom stereocenters. The molecule has 1 N–H and O–H groups in total. The number of aromatic nitrogens is 1. The van der Waals surface area contributed by atoms with Crippen molar-refractivity contribution >= 4 is 28.7 Å². The first kappa shape index (κ1) is 14.9. The lowest BCUT2D eigenvalue weighted by molar-refractivity contribution is 0.0554. The van der Waals surface area contributed by atoms with Gasteiger partial charge in [0.1, 0.15) is 11.5 Å². The molecular formula is C15H15N3O2S. The Kier molecular flexibility index (Phi) is 5.22. The zero-order valence-electron chi connectivity index (χ0n) is 11.6. The van der Waals surface area contributed by atoms with Crippen molar-refractivity contribution in [1.82, 2.24) is 4.98 Å². The van der Waals surface area contributed by atoms with Gasteiger partial charge in [-0.2, -0.15) is 5.10 Å². The Labute approximate surface area is 127 Å². The van der Waals surface area contributed by atoms with E-state index in [-0.39, 0.29) is 6.61 Å². The lowest BCUT2D eigenvalue weighted by atomic mass is 10.2. The lowest BCUT2D eigenvalue weighted by Crippen LogP contribution is -2.04. The van der Waals surface area contributed by atoms with E-state index in [0.717, 1.165) is 5.56 Å². The fraction of sp³-hybridized carbons (Fsp3) is 0.133. The molecule has 21 heavy (non-hydrogen) atoms. The van der Waals surface area contributed by atoms with Crippen molar-refractivity contribution in [2.75, 3.05) is 12.0 Å². The van der Waals surface area contributed by atoms with Crippen LogP contribution in [0.3, 0.4) is 0 Å². The fourth-order valence-corrected chi connectivity index (χ4v) is 2.34. The Hall–Kier alpha value is -2.47. The van der Waals surface area contributed by atoms with E-state index in [9.17, 15) is 4.79 Å². The topological polar surface area (TPSA) is 63.6 Å². The van der Waals surface area contributed by atoms with Crippen LogP contribution >= 0.6 is 11.3 Å². The summed E-state index contributed by atoms with van der Waals surface area (Å²) >= 11 is 1.21. The number of carbonyl (C=O) groups is 1. The van der Waals surface area contributed by atoms with Crippen LogP contribution in [0, 0.1) is 6.92 Å². The highest BCUT2D eigenvalue weighted by Crippen LogP contribution is 2.23. The molecule has 2 aromatic rings. The van der Waals surface area contributed by atoms with Crippen LogP contribution in [0.25, 0.3) is 0 Å². The van der Waals surface area contributed by atoms with Gasteiger partial charge in [0, 0.05) is 0 Å². The Bertz CT molecular complexity index is 650. The summed E-state index contributed by atoms with van der Waals surface area (Å²) < 4.78 is 4.99. The summed E-state index contributed by atoms with van der Waals surface area (Å²) in [6, 6.07) is 9.69. The zero-order valence-corrected chi connectivity index (χ0v) is 12.4. The summed E-state index contributed by atoms with van der Waals surface area (Å²) in [6.45, 7) is 5.44. The average molecular weight is 301 g/mol. The lowest BCUT2D eigenvalue weighted by Gasteiger charge is -1.98. The molecule has 5 nitrogen and oxygen atoms in total. The number of esters is 1. The van der Waals surface area contributed by atoms with Crippen molar-refractivity contribution < 1.29 is 9.53 Å². The molecule has 0 radical (unpaired) electrons. The molecule has 1 heterocycles. The van der Waals surface area contributed by atoms with E-state index in [1.807, 2.05) is 30.3 Å². The second-order valence-corrected chi connectivity index (χ2v) is 5.10. The Morgan fingerprint density at radius 1 is 1.48 bits per heavy atom. The van der Waals surface area contributed by atoms with E-state index in [1.165, 1.54) is 17.4 Å². The summed E-state index contributed by atoms with van der Waals surface area (Å²) in [4.78, 5) is 16.5. The molecule has 0 saturated carbocycles. The van der Waals surface area contributed by atoms with Crippen LogP contribution in [0.4, 0.5) is 5.13 Å². The SMILES string of the molecule is C=CCOC(=O)c1sc(N/N=C\c2ccccc2)nc1C. The molecule has 0 atom stereocenters. The van der Waals surface area contributed by atoms with Crippen molar-refractivity contribution in [3.63, 3.8) is 0 Å². The highest BCUT2D eigenvalue weighted by Gasteiger charge is 2.16.